The fraction of sp³-hybridized carbons (Fsp3) is 0.182. The highest BCUT2D eigenvalue weighted by Gasteiger charge is 2.06. The van der Waals surface area contributed by atoms with Gasteiger partial charge in [-0.25, -0.2) is 9.37 Å². The van der Waals surface area contributed by atoms with E-state index in [-0.39, 0.29) is 5.02 Å². The molecule has 0 fully saturated rings. The molecule has 2 nitrogen and oxygen atoms in total. The first-order valence-corrected chi connectivity index (χ1v) is 6.11. The molecule has 0 aliphatic carbocycles. The van der Waals surface area contributed by atoms with Crippen molar-refractivity contribution < 1.29 is 4.39 Å². The summed E-state index contributed by atoms with van der Waals surface area (Å²) in [7, 11) is 0. The second-order valence-corrected chi connectivity index (χ2v) is 4.46. The van der Waals surface area contributed by atoms with Gasteiger partial charge in [-0.2, -0.15) is 0 Å². The van der Waals surface area contributed by atoms with Crippen molar-refractivity contribution >= 4 is 28.1 Å². The number of hydrogen-bond acceptors (Lipinski definition) is 3. The average Bonchev–Trinajstić information content (AvgIpc) is 2.71. The van der Waals surface area contributed by atoms with E-state index in [1.807, 2.05) is 12.3 Å². The monoisotopic (exact) mass is 256 g/mol. The molecular formula is C11H10ClFN2S. The van der Waals surface area contributed by atoms with Gasteiger partial charge in [-0.15, -0.1) is 11.3 Å². The highest BCUT2D eigenvalue weighted by atomic mass is 35.5. The SMILES string of the molecule is CCNc1nc(-c2ccc(F)c(Cl)c2)cs1. The minimum atomic E-state index is -0.410. The molecule has 0 atom stereocenters. The zero-order chi connectivity index (χ0) is 11.5. The lowest BCUT2D eigenvalue weighted by atomic mass is 10.2. The van der Waals surface area contributed by atoms with Crippen molar-refractivity contribution in [1.82, 2.24) is 4.98 Å². The molecule has 0 bridgehead atoms. The van der Waals surface area contributed by atoms with Gasteiger partial charge in [0.25, 0.3) is 0 Å². The molecule has 5 heteroatoms. The summed E-state index contributed by atoms with van der Waals surface area (Å²) in [6.07, 6.45) is 0. The summed E-state index contributed by atoms with van der Waals surface area (Å²) < 4.78 is 13.0. The van der Waals surface area contributed by atoms with Gasteiger partial charge < -0.3 is 5.32 Å². The lowest BCUT2D eigenvalue weighted by Crippen LogP contribution is -1.94. The molecule has 0 unspecified atom stereocenters. The van der Waals surface area contributed by atoms with Gasteiger partial charge in [-0.1, -0.05) is 11.6 Å². The quantitative estimate of drug-likeness (QED) is 0.897. The number of nitrogens with one attached hydrogen (secondary N) is 1. The maximum atomic E-state index is 13.0. The van der Waals surface area contributed by atoms with Crippen LogP contribution in [0.25, 0.3) is 11.3 Å². The third kappa shape index (κ3) is 2.33. The Hall–Kier alpha value is -1.13. The number of nitrogens with zero attached hydrogens (tertiary/aromatic N) is 1. The Bertz CT molecular complexity index is 498. The molecule has 2 rings (SSSR count). The number of hydrogen-bond donors (Lipinski definition) is 1. The van der Waals surface area contributed by atoms with Gasteiger partial charge in [0, 0.05) is 17.5 Å². The molecule has 0 spiro atoms. The number of halogens is 2. The molecule has 84 valence electrons. The predicted molar refractivity (Wildman–Crippen MR) is 66.7 cm³/mol. The number of thiazole rings is 1. The van der Waals surface area contributed by atoms with Crippen LogP contribution in [0.1, 0.15) is 6.92 Å². The number of rotatable bonds is 3. The second-order valence-electron chi connectivity index (χ2n) is 3.20. The van der Waals surface area contributed by atoms with Crippen LogP contribution in [-0.2, 0) is 0 Å². The van der Waals surface area contributed by atoms with Gasteiger partial charge in [-0.05, 0) is 25.1 Å². The summed E-state index contributed by atoms with van der Waals surface area (Å²) in [5.41, 5.74) is 1.63. The molecule has 0 amide bonds. The van der Waals surface area contributed by atoms with Crippen LogP contribution < -0.4 is 5.32 Å². The standard InChI is InChI=1S/C11H10ClFN2S/c1-2-14-11-15-10(6-16-11)7-3-4-9(13)8(12)5-7/h3-6H,2H2,1H3,(H,14,15). The van der Waals surface area contributed by atoms with E-state index in [4.69, 9.17) is 11.6 Å². The molecule has 0 saturated carbocycles. The highest BCUT2D eigenvalue weighted by Crippen LogP contribution is 2.27. The fourth-order valence-corrected chi connectivity index (χ4v) is 2.27. The van der Waals surface area contributed by atoms with E-state index in [1.165, 1.54) is 17.4 Å². The Morgan fingerprint density at radius 1 is 1.50 bits per heavy atom. The number of aromatic nitrogens is 1. The highest BCUT2D eigenvalue weighted by molar-refractivity contribution is 7.14. The van der Waals surface area contributed by atoms with Crippen molar-refractivity contribution in [2.75, 3.05) is 11.9 Å². The molecule has 0 aliphatic heterocycles. The Kier molecular flexibility index (Phi) is 3.41. The number of anilines is 1. The Balaban J connectivity index is 2.31. The predicted octanol–water partition coefficient (Wildman–Crippen LogP) is 4.03. The molecule has 1 N–H and O–H groups in total. The van der Waals surface area contributed by atoms with Crippen molar-refractivity contribution in [3.63, 3.8) is 0 Å². The van der Waals surface area contributed by atoms with E-state index in [1.54, 1.807) is 12.1 Å². The molecule has 1 heterocycles. The summed E-state index contributed by atoms with van der Waals surface area (Å²) in [6.45, 7) is 2.84. The number of benzene rings is 1. The molecule has 1 aromatic carbocycles. The lowest BCUT2D eigenvalue weighted by molar-refractivity contribution is 0.628. The first-order chi connectivity index (χ1) is 7.70. The normalized spacial score (nSPS) is 10.4. The van der Waals surface area contributed by atoms with Crippen LogP contribution in [0.15, 0.2) is 23.6 Å². The summed E-state index contributed by atoms with van der Waals surface area (Å²) >= 11 is 7.24. The summed E-state index contributed by atoms with van der Waals surface area (Å²) in [5, 5.41) is 6.02. The van der Waals surface area contributed by atoms with Gasteiger partial charge in [0.1, 0.15) is 5.82 Å². The lowest BCUT2D eigenvalue weighted by Gasteiger charge is -1.99. The molecule has 0 radical (unpaired) electrons. The minimum Gasteiger partial charge on any atom is -0.362 e. The molecule has 1 aromatic heterocycles. The van der Waals surface area contributed by atoms with Crippen LogP contribution >= 0.6 is 22.9 Å². The van der Waals surface area contributed by atoms with Gasteiger partial charge in [0.05, 0.1) is 10.7 Å². The Morgan fingerprint density at radius 2 is 2.31 bits per heavy atom. The minimum absolute atomic E-state index is 0.121. The van der Waals surface area contributed by atoms with E-state index < -0.39 is 5.82 Å². The van der Waals surface area contributed by atoms with E-state index >= 15 is 0 Å². The molecular weight excluding hydrogens is 247 g/mol. The van der Waals surface area contributed by atoms with Crippen molar-refractivity contribution in [3.05, 3.63) is 34.4 Å². The summed E-state index contributed by atoms with van der Waals surface area (Å²) in [5.74, 6) is -0.410. The van der Waals surface area contributed by atoms with Crippen LogP contribution in [0, 0.1) is 5.82 Å². The van der Waals surface area contributed by atoms with E-state index in [9.17, 15) is 4.39 Å². The first-order valence-electron chi connectivity index (χ1n) is 4.85. The fourth-order valence-electron chi connectivity index (χ4n) is 1.29. The van der Waals surface area contributed by atoms with Gasteiger partial charge in [-0.3, -0.25) is 0 Å². The van der Waals surface area contributed by atoms with Crippen molar-refractivity contribution in [2.24, 2.45) is 0 Å². The summed E-state index contributed by atoms with van der Waals surface area (Å²) in [6, 6.07) is 4.61. The maximum Gasteiger partial charge on any atom is 0.183 e. The Morgan fingerprint density at radius 3 is 3.00 bits per heavy atom. The average molecular weight is 257 g/mol. The topological polar surface area (TPSA) is 24.9 Å². The van der Waals surface area contributed by atoms with E-state index in [0.717, 1.165) is 22.9 Å². The molecule has 0 saturated heterocycles. The van der Waals surface area contributed by atoms with Crippen LogP contribution in [-0.4, -0.2) is 11.5 Å². The maximum absolute atomic E-state index is 13.0. The van der Waals surface area contributed by atoms with Crippen molar-refractivity contribution in [1.29, 1.82) is 0 Å². The Labute approximate surface area is 102 Å². The zero-order valence-electron chi connectivity index (χ0n) is 8.63. The van der Waals surface area contributed by atoms with E-state index in [0.29, 0.717) is 0 Å². The van der Waals surface area contributed by atoms with Crippen LogP contribution in [0.4, 0.5) is 9.52 Å². The third-order valence-corrected chi connectivity index (χ3v) is 3.14. The van der Waals surface area contributed by atoms with E-state index in [2.05, 4.69) is 10.3 Å². The summed E-state index contributed by atoms with van der Waals surface area (Å²) in [4.78, 5) is 4.37. The third-order valence-electron chi connectivity index (χ3n) is 2.05. The smallest absolute Gasteiger partial charge is 0.183 e. The van der Waals surface area contributed by atoms with Gasteiger partial charge >= 0.3 is 0 Å². The van der Waals surface area contributed by atoms with Gasteiger partial charge in [0.2, 0.25) is 0 Å². The second kappa shape index (κ2) is 4.80. The van der Waals surface area contributed by atoms with Crippen LogP contribution in [0.3, 0.4) is 0 Å². The van der Waals surface area contributed by atoms with Crippen LogP contribution in [0.5, 0.6) is 0 Å². The first kappa shape index (κ1) is 11.4. The van der Waals surface area contributed by atoms with Crippen molar-refractivity contribution in [3.8, 4) is 11.3 Å². The van der Waals surface area contributed by atoms with Gasteiger partial charge in [0.15, 0.2) is 5.13 Å². The van der Waals surface area contributed by atoms with Crippen molar-refractivity contribution in [2.45, 2.75) is 6.92 Å². The zero-order valence-corrected chi connectivity index (χ0v) is 10.2. The molecule has 16 heavy (non-hydrogen) atoms. The van der Waals surface area contributed by atoms with Crippen LogP contribution in [0.2, 0.25) is 5.02 Å². The largest absolute Gasteiger partial charge is 0.362 e. The molecule has 0 aliphatic rings. The molecule has 2 aromatic rings.